The number of aliphatic imine (C=N–C) groups is 1. The van der Waals surface area contributed by atoms with Crippen molar-refractivity contribution in [2.24, 2.45) is 10.9 Å². The molecular formula is C21H37IN4O2. The third kappa shape index (κ3) is 11.4. The second-order valence-corrected chi connectivity index (χ2v) is 7.47. The number of aryl methyl sites for hydroxylation is 1. The van der Waals surface area contributed by atoms with Crippen LogP contribution >= 0.6 is 24.0 Å². The quantitative estimate of drug-likeness (QED) is 0.259. The van der Waals surface area contributed by atoms with E-state index < -0.39 is 0 Å². The van der Waals surface area contributed by atoms with Gasteiger partial charge >= 0.3 is 0 Å². The number of rotatable bonds is 10. The molecule has 1 rings (SSSR count). The third-order valence-corrected chi connectivity index (χ3v) is 3.94. The zero-order chi connectivity index (χ0) is 20.2. The zero-order valence-corrected chi connectivity index (χ0v) is 20.4. The van der Waals surface area contributed by atoms with Gasteiger partial charge in [-0.05, 0) is 44.7 Å². The Morgan fingerprint density at radius 1 is 1.18 bits per heavy atom. The number of nitrogens with one attached hydrogen (secondary N) is 3. The topological polar surface area (TPSA) is 74.8 Å². The molecule has 0 unspecified atom stereocenters. The fourth-order valence-electron chi connectivity index (χ4n) is 2.43. The number of carbonyl (C=O) groups excluding carboxylic acids is 1. The van der Waals surface area contributed by atoms with Crippen molar-refractivity contribution in [3.8, 4) is 5.75 Å². The molecular weight excluding hydrogens is 467 g/mol. The molecule has 6 nitrogen and oxygen atoms in total. The average Bonchev–Trinajstić information content (AvgIpc) is 2.58. The third-order valence-electron chi connectivity index (χ3n) is 3.94. The lowest BCUT2D eigenvalue weighted by Gasteiger charge is -2.16. The van der Waals surface area contributed by atoms with E-state index in [9.17, 15) is 4.79 Å². The van der Waals surface area contributed by atoms with Crippen LogP contribution in [0.4, 0.5) is 0 Å². The van der Waals surface area contributed by atoms with Crippen molar-refractivity contribution >= 4 is 35.8 Å². The highest BCUT2D eigenvalue weighted by molar-refractivity contribution is 14.0. The van der Waals surface area contributed by atoms with Gasteiger partial charge in [-0.15, -0.1) is 24.0 Å². The van der Waals surface area contributed by atoms with Crippen LogP contribution in [0.1, 0.15) is 51.7 Å². The Balaban J connectivity index is 0.00000729. The molecule has 0 aliphatic heterocycles. The molecule has 0 saturated carbocycles. The van der Waals surface area contributed by atoms with Gasteiger partial charge in [0.2, 0.25) is 5.91 Å². The van der Waals surface area contributed by atoms with Crippen molar-refractivity contribution in [1.82, 2.24) is 16.0 Å². The monoisotopic (exact) mass is 504 g/mol. The predicted molar refractivity (Wildman–Crippen MR) is 128 cm³/mol. The van der Waals surface area contributed by atoms with Gasteiger partial charge in [-0.2, -0.15) is 0 Å². The molecule has 0 heterocycles. The molecule has 1 amide bonds. The summed E-state index contributed by atoms with van der Waals surface area (Å²) < 4.78 is 5.99. The van der Waals surface area contributed by atoms with Crippen LogP contribution in [0.15, 0.2) is 23.2 Å². The van der Waals surface area contributed by atoms with Crippen LogP contribution in [0.3, 0.4) is 0 Å². The van der Waals surface area contributed by atoms with Gasteiger partial charge in [-0.25, -0.2) is 0 Å². The van der Waals surface area contributed by atoms with Crippen molar-refractivity contribution in [3.63, 3.8) is 0 Å². The van der Waals surface area contributed by atoms with Crippen LogP contribution in [0.2, 0.25) is 0 Å². The van der Waals surface area contributed by atoms with Crippen LogP contribution in [0, 0.1) is 12.8 Å². The van der Waals surface area contributed by atoms with E-state index >= 15 is 0 Å². The normalized spacial score (nSPS) is 11.2. The first-order valence-electron chi connectivity index (χ1n) is 9.78. The molecule has 0 aromatic heterocycles. The summed E-state index contributed by atoms with van der Waals surface area (Å²) in [6, 6.07) is 6.39. The summed E-state index contributed by atoms with van der Waals surface area (Å²) in [5.74, 6) is 2.23. The minimum Gasteiger partial charge on any atom is -0.493 e. The highest BCUT2D eigenvalue weighted by atomic mass is 127. The van der Waals surface area contributed by atoms with E-state index in [0.717, 1.165) is 17.7 Å². The summed E-state index contributed by atoms with van der Waals surface area (Å²) in [6.07, 6.45) is 1.44. The van der Waals surface area contributed by atoms with E-state index in [-0.39, 0.29) is 35.9 Å². The lowest BCUT2D eigenvalue weighted by atomic mass is 10.1. The molecule has 0 spiro atoms. The molecule has 0 radical (unpaired) electrons. The van der Waals surface area contributed by atoms with E-state index in [0.29, 0.717) is 38.0 Å². The second kappa shape index (κ2) is 14.5. The fourth-order valence-corrected chi connectivity index (χ4v) is 2.43. The Morgan fingerprint density at radius 2 is 1.89 bits per heavy atom. The van der Waals surface area contributed by atoms with Crippen molar-refractivity contribution in [2.45, 2.75) is 60.0 Å². The highest BCUT2D eigenvalue weighted by Gasteiger charge is 2.08. The van der Waals surface area contributed by atoms with E-state index in [4.69, 9.17) is 4.74 Å². The number of hydrogen-bond acceptors (Lipinski definition) is 3. The summed E-state index contributed by atoms with van der Waals surface area (Å²) >= 11 is 0. The lowest BCUT2D eigenvalue weighted by Crippen LogP contribution is -2.39. The first-order valence-corrected chi connectivity index (χ1v) is 9.78. The van der Waals surface area contributed by atoms with Crippen molar-refractivity contribution in [1.29, 1.82) is 0 Å². The van der Waals surface area contributed by atoms with Gasteiger partial charge in [0.1, 0.15) is 5.75 Å². The predicted octanol–water partition coefficient (Wildman–Crippen LogP) is 3.62. The smallest absolute Gasteiger partial charge is 0.221 e. The SMILES string of the molecule is CN=C(NCCC(=O)NC(C)C)NCc1ccc(C)cc1OCCC(C)C.I. The Hall–Kier alpha value is -1.51. The molecule has 0 atom stereocenters. The maximum atomic E-state index is 11.7. The molecule has 7 heteroatoms. The molecule has 0 bridgehead atoms. The lowest BCUT2D eigenvalue weighted by molar-refractivity contribution is -0.121. The molecule has 28 heavy (non-hydrogen) atoms. The van der Waals surface area contributed by atoms with Crippen molar-refractivity contribution in [2.75, 3.05) is 20.2 Å². The van der Waals surface area contributed by atoms with Gasteiger partial charge in [-0.3, -0.25) is 9.79 Å². The Morgan fingerprint density at radius 3 is 2.50 bits per heavy atom. The Kier molecular flexibility index (Phi) is 13.7. The molecule has 0 saturated heterocycles. The van der Waals surface area contributed by atoms with Gasteiger partial charge < -0.3 is 20.7 Å². The summed E-state index contributed by atoms with van der Waals surface area (Å²) in [4.78, 5) is 15.9. The summed E-state index contributed by atoms with van der Waals surface area (Å²) in [6.45, 7) is 12.2. The maximum Gasteiger partial charge on any atom is 0.221 e. The molecule has 1 aromatic rings. The minimum absolute atomic E-state index is 0. The first-order chi connectivity index (χ1) is 12.8. The average molecular weight is 504 g/mol. The van der Waals surface area contributed by atoms with Crippen LogP contribution in [-0.4, -0.2) is 38.1 Å². The number of amides is 1. The standard InChI is InChI=1S/C21H36N4O2.HI/c1-15(2)10-12-27-19-13-17(5)7-8-18(19)14-24-21(22-6)23-11-9-20(26)25-16(3)4;/h7-8,13,15-16H,9-12,14H2,1-6H3,(H,25,26)(H2,22,23,24);1H. The summed E-state index contributed by atoms with van der Waals surface area (Å²) in [5, 5.41) is 9.33. The van der Waals surface area contributed by atoms with Gasteiger partial charge in [0.25, 0.3) is 0 Å². The molecule has 0 fully saturated rings. The fraction of sp³-hybridized carbons (Fsp3) is 0.619. The van der Waals surface area contributed by atoms with E-state index in [2.05, 4.69) is 59.9 Å². The number of carbonyl (C=O) groups is 1. The number of benzene rings is 1. The number of ether oxygens (including phenoxy) is 1. The van der Waals surface area contributed by atoms with Crippen LogP contribution in [0.25, 0.3) is 0 Å². The molecule has 160 valence electrons. The molecule has 1 aromatic carbocycles. The summed E-state index contributed by atoms with van der Waals surface area (Å²) in [7, 11) is 1.72. The Labute approximate surface area is 187 Å². The van der Waals surface area contributed by atoms with Crippen LogP contribution < -0.4 is 20.7 Å². The number of halogens is 1. The van der Waals surface area contributed by atoms with E-state index in [1.807, 2.05) is 13.8 Å². The van der Waals surface area contributed by atoms with Crippen LogP contribution in [-0.2, 0) is 11.3 Å². The molecule has 0 aliphatic carbocycles. The number of nitrogens with zero attached hydrogens (tertiary/aromatic N) is 1. The van der Waals surface area contributed by atoms with Gasteiger partial charge in [-0.1, -0.05) is 26.0 Å². The Bertz CT molecular complexity index is 618. The van der Waals surface area contributed by atoms with Crippen molar-refractivity contribution in [3.05, 3.63) is 29.3 Å². The largest absolute Gasteiger partial charge is 0.493 e. The minimum atomic E-state index is 0. The van der Waals surface area contributed by atoms with E-state index in [1.165, 1.54) is 5.56 Å². The van der Waals surface area contributed by atoms with E-state index in [1.54, 1.807) is 7.05 Å². The number of guanidine groups is 1. The number of hydrogen-bond donors (Lipinski definition) is 3. The first kappa shape index (κ1) is 26.5. The van der Waals surface area contributed by atoms with Gasteiger partial charge in [0.15, 0.2) is 5.96 Å². The van der Waals surface area contributed by atoms with Crippen molar-refractivity contribution < 1.29 is 9.53 Å². The molecule has 3 N–H and O–H groups in total. The second-order valence-electron chi connectivity index (χ2n) is 7.47. The zero-order valence-electron chi connectivity index (χ0n) is 18.1. The van der Waals surface area contributed by atoms with Gasteiger partial charge in [0, 0.05) is 38.2 Å². The van der Waals surface area contributed by atoms with Gasteiger partial charge in [0.05, 0.1) is 6.61 Å². The highest BCUT2D eigenvalue weighted by Crippen LogP contribution is 2.21. The molecule has 0 aliphatic rings. The summed E-state index contributed by atoms with van der Waals surface area (Å²) in [5.41, 5.74) is 2.27. The maximum absolute atomic E-state index is 11.7. The van der Waals surface area contributed by atoms with Crippen LogP contribution in [0.5, 0.6) is 5.75 Å².